The highest BCUT2D eigenvalue weighted by Gasteiger charge is 2.24. The van der Waals surface area contributed by atoms with Gasteiger partial charge in [-0.05, 0) is 19.1 Å². The Labute approximate surface area is 136 Å². The van der Waals surface area contributed by atoms with Gasteiger partial charge in [-0.3, -0.25) is 14.9 Å². The van der Waals surface area contributed by atoms with Crippen molar-refractivity contribution >= 4 is 28.3 Å². The van der Waals surface area contributed by atoms with E-state index in [4.69, 9.17) is 0 Å². The van der Waals surface area contributed by atoms with E-state index in [-0.39, 0.29) is 11.6 Å². The summed E-state index contributed by atoms with van der Waals surface area (Å²) in [5.41, 5.74) is 0.453. The zero-order valence-electron chi connectivity index (χ0n) is 12.5. The Morgan fingerprint density at radius 3 is 2.39 bits per heavy atom. The van der Waals surface area contributed by atoms with Gasteiger partial charge in [0.05, 0.1) is 4.92 Å². The fourth-order valence-electron chi connectivity index (χ4n) is 2.42. The SMILES string of the molecule is Cc1nsc(N2CCN(C(=O)c3ccc([N+](=O)[O-])cc3)CC2)n1. The molecule has 23 heavy (non-hydrogen) atoms. The summed E-state index contributed by atoms with van der Waals surface area (Å²) in [5.74, 6) is 0.655. The minimum atomic E-state index is -0.475. The quantitative estimate of drug-likeness (QED) is 0.627. The Bertz CT molecular complexity index is 722. The van der Waals surface area contributed by atoms with E-state index in [0.29, 0.717) is 31.7 Å². The second-order valence-corrected chi connectivity index (χ2v) is 5.94. The van der Waals surface area contributed by atoms with E-state index in [2.05, 4.69) is 14.3 Å². The summed E-state index contributed by atoms with van der Waals surface area (Å²) in [6.45, 7) is 4.44. The number of benzene rings is 1. The maximum Gasteiger partial charge on any atom is 0.269 e. The number of aromatic nitrogens is 2. The molecule has 2 heterocycles. The molecule has 120 valence electrons. The molecular formula is C14H15N5O3S. The van der Waals surface area contributed by atoms with Crippen molar-refractivity contribution in [3.05, 3.63) is 45.8 Å². The maximum atomic E-state index is 12.4. The van der Waals surface area contributed by atoms with Crippen LogP contribution in [0.5, 0.6) is 0 Å². The average molecular weight is 333 g/mol. The number of piperazine rings is 1. The third kappa shape index (κ3) is 3.29. The summed E-state index contributed by atoms with van der Waals surface area (Å²) < 4.78 is 4.17. The summed E-state index contributed by atoms with van der Waals surface area (Å²) in [6.07, 6.45) is 0. The molecule has 1 amide bonds. The number of anilines is 1. The van der Waals surface area contributed by atoms with Crippen LogP contribution in [0.1, 0.15) is 16.2 Å². The maximum absolute atomic E-state index is 12.4. The number of rotatable bonds is 3. The first-order chi connectivity index (χ1) is 11.0. The first-order valence-corrected chi connectivity index (χ1v) is 7.91. The molecule has 3 rings (SSSR count). The molecule has 0 bridgehead atoms. The first-order valence-electron chi connectivity index (χ1n) is 7.13. The van der Waals surface area contributed by atoms with E-state index >= 15 is 0 Å². The van der Waals surface area contributed by atoms with Gasteiger partial charge < -0.3 is 9.80 Å². The molecule has 0 unspecified atom stereocenters. The summed E-state index contributed by atoms with van der Waals surface area (Å²) >= 11 is 1.36. The Morgan fingerprint density at radius 2 is 1.87 bits per heavy atom. The van der Waals surface area contributed by atoms with Crippen LogP contribution in [-0.4, -0.2) is 51.3 Å². The normalized spacial score (nSPS) is 14.8. The first kappa shape index (κ1) is 15.3. The van der Waals surface area contributed by atoms with Crippen molar-refractivity contribution in [1.29, 1.82) is 0 Å². The molecule has 2 aromatic rings. The Balaban J connectivity index is 1.62. The van der Waals surface area contributed by atoms with Crippen LogP contribution in [0.2, 0.25) is 0 Å². The Morgan fingerprint density at radius 1 is 1.22 bits per heavy atom. The molecule has 1 aliphatic rings. The summed E-state index contributed by atoms with van der Waals surface area (Å²) in [7, 11) is 0. The van der Waals surface area contributed by atoms with Gasteiger partial charge in [0, 0.05) is 55.4 Å². The number of hydrogen-bond acceptors (Lipinski definition) is 7. The van der Waals surface area contributed by atoms with Crippen LogP contribution in [0.25, 0.3) is 0 Å². The number of nitro benzene ring substituents is 1. The molecule has 8 nitrogen and oxygen atoms in total. The van der Waals surface area contributed by atoms with Crippen molar-refractivity contribution in [1.82, 2.24) is 14.3 Å². The van der Waals surface area contributed by atoms with E-state index in [1.54, 1.807) is 4.90 Å². The van der Waals surface area contributed by atoms with Crippen molar-refractivity contribution in [2.75, 3.05) is 31.1 Å². The van der Waals surface area contributed by atoms with Crippen LogP contribution in [0.4, 0.5) is 10.8 Å². The number of non-ortho nitro benzene ring substituents is 1. The van der Waals surface area contributed by atoms with Crippen molar-refractivity contribution in [3.8, 4) is 0 Å². The number of aryl methyl sites for hydroxylation is 1. The van der Waals surface area contributed by atoms with Gasteiger partial charge in [-0.1, -0.05) is 0 Å². The predicted molar refractivity (Wildman–Crippen MR) is 85.9 cm³/mol. The van der Waals surface area contributed by atoms with Crippen LogP contribution < -0.4 is 4.90 Å². The lowest BCUT2D eigenvalue weighted by molar-refractivity contribution is -0.384. The minimum Gasteiger partial charge on any atom is -0.343 e. The van der Waals surface area contributed by atoms with Gasteiger partial charge in [-0.25, -0.2) is 4.98 Å². The molecule has 1 aromatic heterocycles. The largest absolute Gasteiger partial charge is 0.343 e. The van der Waals surface area contributed by atoms with Gasteiger partial charge in [0.2, 0.25) is 5.13 Å². The third-order valence-corrected chi connectivity index (χ3v) is 4.55. The van der Waals surface area contributed by atoms with Gasteiger partial charge in [-0.15, -0.1) is 0 Å². The number of hydrogen-bond donors (Lipinski definition) is 0. The summed E-state index contributed by atoms with van der Waals surface area (Å²) in [4.78, 5) is 30.8. The molecule has 0 aliphatic carbocycles. The van der Waals surface area contributed by atoms with Crippen molar-refractivity contribution in [2.24, 2.45) is 0 Å². The molecule has 1 saturated heterocycles. The fraction of sp³-hybridized carbons (Fsp3) is 0.357. The van der Waals surface area contributed by atoms with Crippen molar-refractivity contribution in [3.63, 3.8) is 0 Å². The van der Waals surface area contributed by atoms with E-state index in [0.717, 1.165) is 11.0 Å². The minimum absolute atomic E-state index is 0.0157. The molecule has 1 fully saturated rings. The highest BCUT2D eigenvalue weighted by Crippen LogP contribution is 2.20. The average Bonchev–Trinajstić information content (AvgIpc) is 3.01. The lowest BCUT2D eigenvalue weighted by Gasteiger charge is -2.34. The molecule has 0 saturated carbocycles. The van der Waals surface area contributed by atoms with Gasteiger partial charge in [0.15, 0.2) is 0 Å². The second-order valence-electron chi connectivity index (χ2n) is 5.21. The summed E-state index contributed by atoms with van der Waals surface area (Å²) in [6, 6.07) is 5.71. The number of carbonyl (C=O) groups is 1. The Hall–Kier alpha value is -2.55. The predicted octanol–water partition coefficient (Wildman–Crippen LogP) is 1.72. The van der Waals surface area contributed by atoms with Gasteiger partial charge >= 0.3 is 0 Å². The topological polar surface area (TPSA) is 92.5 Å². The summed E-state index contributed by atoms with van der Waals surface area (Å²) in [5, 5.41) is 11.5. The van der Waals surface area contributed by atoms with Crippen LogP contribution in [-0.2, 0) is 0 Å². The molecule has 0 N–H and O–H groups in total. The fourth-order valence-corrected chi connectivity index (χ4v) is 3.15. The van der Waals surface area contributed by atoms with Gasteiger partial charge in [0.1, 0.15) is 5.82 Å². The number of amides is 1. The molecule has 0 radical (unpaired) electrons. The number of nitro groups is 1. The van der Waals surface area contributed by atoms with E-state index in [9.17, 15) is 14.9 Å². The lowest BCUT2D eigenvalue weighted by atomic mass is 10.1. The molecule has 0 spiro atoms. The smallest absolute Gasteiger partial charge is 0.269 e. The van der Waals surface area contributed by atoms with Gasteiger partial charge in [0.25, 0.3) is 11.6 Å². The highest BCUT2D eigenvalue weighted by molar-refractivity contribution is 7.09. The zero-order valence-corrected chi connectivity index (χ0v) is 13.3. The van der Waals surface area contributed by atoms with E-state index in [1.807, 2.05) is 6.92 Å². The number of carbonyl (C=O) groups excluding carboxylic acids is 1. The van der Waals surface area contributed by atoms with Gasteiger partial charge in [-0.2, -0.15) is 4.37 Å². The molecule has 1 aromatic carbocycles. The Kier molecular flexibility index (Phi) is 4.20. The molecular weight excluding hydrogens is 318 g/mol. The van der Waals surface area contributed by atoms with Crippen molar-refractivity contribution < 1.29 is 9.72 Å². The molecule has 9 heteroatoms. The standard InChI is InChI=1S/C14H15N5O3S/c1-10-15-14(23-16-10)18-8-6-17(7-9-18)13(20)11-2-4-12(5-3-11)19(21)22/h2-5H,6-9H2,1H3. The van der Waals surface area contributed by atoms with Crippen molar-refractivity contribution in [2.45, 2.75) is 6.92 Å². The third-order valence-electron chi connectivity index (χ3n) is 3.68. The number of nitrogens with zero attached hydrogens (tertiary/aromatic N) is 5. The van der Waals surface area contributed by atoms with E-state index in [1.165, 1.54) is 35.8 Å². The molecule has 1 aliphatic heterocycles. The monoisotopic (exact) mass is 333 g/mol. The molecule has 0 atom stereocenters. The van der Waals surface area contributed by atoms with Crippen LogP contribution in [0.15, 0.2) is 24.3 Å². The van der Waals surface area contributed by atoms with Crippen LogP contribution in [0.3, 0.4) is 0 Å². The second kappa shape index (κ2) is 6.29. The van der Waals surface area contributed by atoms with E-state index < -0.39 is 4.92 Å². The van der Waals surface area contributed by atoms with Crippen LogP contribution >= 0.6 is 11.5 Å². The van der Waals surface area contributed by atoms with Crippen LogP contribution in [0, 0.1) is 17.0 Å². The highest BCUT2D eigenvalue weighted by atomic mass is 32.1. The lowest BCUT2D eigenvalue weighted by Crippen LogP contribution is -2.48. The zero-order chi connectivity index (χ0) is 16.4.